The predicted molar refractivity (Wildman–Crippen MR) is 105 cm³/mol. The number of benzene rings is 2. The third-order valence-electron chi connectivity index (χ3n) is 3.61. The Morgan fingerprint density at radius 3 is 2.70 bits per heavy atom. The highest BCUT2D eigenvalue weighted by Crippen LogP contribution is 2.28. The number of nitrogens with one attached hydrogen (secondary N) is 2. The summed E-state index contributed by atoms with van der Waals surface area (Å²) in [7, 11) is 1.61. The van der Waals surface area contributed by atoms with Gasteiger partial charge in [-0.3, -0.25) is 9.89 Å². The van der Waals surface area contributed by atoms with E-state index in [9.17, 15) is 4.79 Å². The lowest BCUT2D eigenvalue weighted by Crippen LogP contribution is -2.14. The Balaban J connectivity index is 1.56. The summed E-state index contributed by atoms with van der Waals surface area (Å²) < 4.78 is 10.7. The minimum absolute atomic E-state index is 0.132. The van der Waals surface area contributed by atoms with Gasteiger partial charge >= 0.3 is 0 Å². The van der Waals surface area contributed by atoms with Crippen molar-refractivity contribution in [2.45, 2.75) is 12.1 Å². The van der Waals surface area contributed by atoms with Crippen LogP contribution < -0.4 is 14.8 Å². The molecule has 0 bridgehead atoms. The van der Waals surface area contributed by atoms with Gasteiger partial charge in [-0.25, -0.2) is 4.98 Å². The molecule has 0 radical (unpaired) electrons. The molecule has 0 atom stereocenters. The Kier molecular flexibility index (Phi) is 6.32. The molecule has 0 aliphatic heterocycles. The van der Waals surface area contributed by atoms with Gasteiger partial charge in [-0.05, 0) is 43.3 Å². The molecule has 3 aromatic rings. The number of aromatic nitrogens is 3. The molecule has 0 fully saturated rings. The number of carbonyl (C=O) groups is 1. The van der Waals surface area contributed by atoms with Crippen LogP contribution in [0, 0.1) is 0 Å². The topological polar surface area (TPSA) is 89.1 Å². The normalized spacial score (nSPS) is 10.4. The van der Waals surface area contributed by atoms with E-state index >= 15 is 0 Å². The molecule has 140 valence electrons. The molecule has 27 heavy (non-hydrogen) atoms. The van der Waals surface area contributed by atoms with E-state index in [1.54, 1.807) is 19.2 Å². The van der Waals surface area contributed by atoms with E-state index in [0.717, 1.165) is 11.3 Å². The predicted octanol–water partition coefficient (Wildman–Crippen LogP) is 3.61. The molecule has 2 N–H and O–H groups in total. The highest BCUT2D eigenvalue weighted by molar-refractivity contribution is 7.99. The van der Waals surface area contributed by atoms with Crippen LogP contribution in [0.4, 0.5) is 5.69 Å². The first kappa shape index (κ1) is 18.8. The number of H-pyrrole nitrogens is 1. The second kappa shape index (κ2) is 9.09. The summed E-state index contributed by atoms with van der Waals surface area (Å²) >= 11 is 1.26. The van der Waals surface area contributed by atoms with Crippen molar-refractivity contribution in [1.82, 2.24) is 15.2 Å². The number of ether oxygens (including phenoxy) is 2. The molecule has 0 saturated heterocycles. The number of aromatic amines is 1. The zero-order valence-electron chi connectivity index (χ0n) is 15.1. The number of hydrogen-bond donors (Lipinski definition) is 2. The third kappa shape index (κ3) is 5.01. The first-order chi connectivity index (χ1) is 13.2. The first-order valence-corrected chi connectivity index (χ1v) is 9.39. The molecule has 2 aromatic carbocycles. The summed E-state index contributed by atoms with van der Waals surface area (Å²) in [6.45, 7) is 2.53. The average molecular weight is 384 g/mol. The van der Waals surface area contributed by atoms with Crippen molar-refractivity contribution < 1.29 is 14.3 Å². The zero-order valence-corrected chi connectivity index (χ0v) is 15.9. The lowest BCUT2D eigenvalue weighted by Gasteiger charge is -2.06. The fourth-order valence-electron chi connectivity index (χ4n) is 2.40. The minimum Gasteiger partial charge on any atom is -0.496 e. The summed E-state index contributed by atoms with van der Waals surface area (Å²) in [6.07, 6.45) is 0. The van der Waals surface area contributed by atoms with Gasteiger partial charge in [0.15, 0.2) is 5.82 Å². The van der Waals surface area contributed by atoms with Crippen LogP contribution in [0.25, 0.3) is 11.4 Å². The van der Waals surface area contributed by atoms with Gasteiger partial charge in [-0.2, -0.15) is 0 Å². The molecular formula is C19H20N4O3S. The molecule has 0 aliphatic rings. The third-order valence-corrected chi connectivity index (χ3v) is 4.46. The highest BCUT2D eigenvalue weighted by atomic mass is 32.2. The second-order valence-corrected chi connectivity index (χ2v) is 6.40. The minimum atomic E-state index is -0.132. The van der Waals surface area contributed by atoms with Gasteiger partial charge in [0.25, 0.3) is 0 Å². The fourth-order valence-corrected chi connectivity index (χ4v) is 3.00. The van der Waals surface area contributed by atoms with Gasteiger partial charge in [0.2, 0.25) is 11.1 Å². The van der Waals surface area contributed by atoms with E-state index in [-0.39, 0.29) is 11.7 Å². The van der Waals surface area contributed by atoms with Crippen LogP contribution in [0.1, 0.15) is 6.92 Å². The van der Waals surface area contributed by atoms with Crippen molar-refractivity contribution in [3.8, 4) is 22.9 Å². The molecule has 3 rings (SSSR count). The summed E-state index contributed by atoms with van der Waals surface area (Å²) in [6, 6.07) is 14.8. The van der Waals surface area contributed by atoms with Gasteiger partial charge in [-0.15, -0.1) is 5.10 Å². The van der Waals surface area contributed by atoms with E-state index < -0.39 is 0 Å². The SMILES string of the molecule is CCOc1ccc(NC(=O)CSc2n[nH]c(-c3ccccc3OC)n2)cc1. The highest BCUT2D eigenvalue weighted by Gasteiger charge is 2.12. The number of para-hydroxylation sites is 1. The van der Waals surface area contributed by atoms with Crippen molar-refractivity contribution in [3.63, 3.8) is 0 Å². The van der Waals surface area contributed by atoms with Crippen LogP contribution in [0.15, 0.2) is 53.7 Å². The summed E-state index contributed by atoms with van der Waals surface area (Å²) in [5, 5.41) is 10.4. The zero-order chi connectivity index (χ0) is 19.1. The van der Waals surface area contributed by atoms with Crippen molar-refractivity contribution >= 4 is 23.4 Å². The van der Waals surface area contributed by atoms with Crippen LogP contribution in [-0.2, 0) is 4.79 Å². The molecule has 0 spiro atoms. The van der Waals surface area contributed by atoms with Gasteiger partial charge in [-0.1, -0.05) is 23.9 Å². The molecule has 0 saturated carbocycles. The molecular weight excluding hydrogens is 364 g/mol. The monoisotopic (exact) mass is 384 g/mol. The summed E-state index contributed by atoms with van der Waals surface area (Å²) in [5.74, 6) is 2.15. The Morgan fingerprint density at radius 1 is 1.19 bits per heavy atom. The molecule has 1 amide bonds. The van der Waals surface area contributed by atoms with E-state index in [0.29, 0.717) is 29.0 Å². The van der Waals surface area contributed by atoms with Gasteiger partial charge < -0.3 is 14.8 Å². The number of amides is 1. The molecule has 7 nitrogen and oxygen atoms in total. The van der Waals surface area contributed by atoms with Crippen molar-refractivity contribution in [1.29, 1.82) is 0 Å². The Hall–Kier alpha value is -3.00. The van der Waals surface area contributed by atoms with Gasteiger partial charge in [0, 0.05) is 5.69 Å². The lowest BCUT2D eigenvalue weighted by atomic mass is 10.2. The number of rotatable bonds is 8. The van der Waals surface area contributed by atoms with Crippen LogP contribution in [0.3, 0.4) is 0 Å². The maximum atomic E-state index is 12.1. The number of hydrogen-bond acceptors (Lipinski definition) is 6. The molecule has 1 aromatic heterocycles. The maximum absolute atomic E-state index is 12.1. The number of thioether (sulfide) groups is 1. The Morgan fingerprint density at radius 2 is 1.96 bits per heavy atom. The number of nitrogens with zero attached hydrogens (tertiary/aromatic N) is 2. The lowest BCUT2D eigenvalue weighted by molar-refractivity contribution is -0.113. The molecule has 1 heterocycles. The van der Waals surface area contributed by atoms with E-state index in [1.165, 1.54) is 11.8 Å². The average Bonchev–Trinajstić information content (AvgIpc) is 3.17. The largest absolute Gasteiger partial charge is 0.496 e. The fraction of sp³-hybridized carbons (Fsp3) is 0.211. The number of anilines is 1. The van der Waals surface area contributed by atoms with Crippen LogP contribution in [-0.4, -0.2) is 40.6 Å². The molecule has 0 aliphatic carbocycles. The first-order valence-electron chi connectivity index (χ1n) is 8.41. The summed E-state index contributed by atoms with van der Waals surface area (Å²) in [5.41, 5.74) is 1.53. The van der Waals surface area contributed by atoms with E-state index in [1.807, 2.05) is 43.3 Å². The smallest absolute Gasteiger partial charge is 0.234 e. The van der Waals surface area contributed by atoms with Crippen molar-refractivity contribution in [3.05, 3.63) is 48.5 Å². The van der Waals surface area contributed by atoms with Crippen LogP contribution in [0.5, 0.6) is 11.5 Å². The standard InChI is InChI=1S/C19H20N4O3S/c1-3-26-14-10-8-13(9-11-14)20-17(24)12-27-19-21-18(22-23-19)15-6-4-5-7-16(15)25-2/h4-11H,3,12H2,1-2H3,(H,20,24)(H,21,22,23). The maximum Gasteiger partial charge on any atom is 0.234 e. The van der Waals surface area contributed by atoms with Crippen molar-refractivity contribution in [2.75, 3.05) is 24.8 Å². The summed E-state index contributed by atoms with van der Waals surface area (Å²) in [4.78, 5) is 16.5. The molecule has 0 unspecified atom stereocenters. The second-order valence-electron chi connectivity index (χ2n) is 5.46. The Labute approximate surface area is 161 Å². The number of methoxy groups -OCH3 is 1. The van der Waals surface area contributed by atoms with E-state index in [2.05, 4.69) is 20.5 Å². The quantitative estimate of drug-likeness (QED) is 0.577. The van der Waals surface area contributed by atoms with Crippen molar-refractivity contribution in [2.24, 2.45) is 0 Å². The Bertz CT molecular complexity index is 896. The van der Waals surface area contributed by atoms with Crippen LogP contribution >= 0.6 is 11.8 Å². The van der Waals surface area contributed by atoms with Gasteiger partial charge in [0.05, 0.1) is 25.0 Å². The van der Waals surface area contributed by atoms with Gasteiger partial charge in [0.1, 0.15) is 11.5 Å². The van der Waals surface area contributed by atoms with Crippen LogP contribution in [0.2, 0.25) is 0 Å². The van der Waals surface area contributed by atoms with E-state index in [4.69, 9.17) is 9.47 Å². The number of carbonyl (C=O) groups excluding carboxylic acids is 1. The molecule has 8 heteroatoms.